The van der Waals surface area contributed by atoms with Crippen molar-refractivity contribution in [1.82, 2.24) is 9.88 Å². The molecule has 0 bridgehead atoms. The maximum atomic E-state index is 12.7. The van der Waals surface area contributed by atoms with Crippen LogP contribution in [0.4, 0.5) is 0 Å². The Hall–Kier alpha value is -2.18. The van der Waals surface area contributed by atoms with Gasteiger partial charge in [0.15, 0.2) is 16.5 Å². The minimum absolute atomic E-state index is 0.0112. The number of rotatable bonds is 4. The van der Waals surface area contributed by atoms with E-state index in [-0.39, 0.29) is 5.91 Å². The molecular formula is C19H22N3O2S+. The monoisotopic (exact) mass is 356 g/mol. The first-order valence-electron chi connectivity index (χ1n) is 8.83. The van der Waals surface area contributed by atoms with E-state index in [0.29, 0.717) is 11.5 Å². The molecule has 1 aliphatic heterocycles. The number of para-hydroxylation sites is 1. The van der Waals surface area contributed by atoms with E-state index in [1.54, 1.807) is 22.3 Å². The highest BCUT2D eigenvalue weighted by atomic mass is 32.1. The van der Waals surface area contributed by atoms with Gasteiger partial charge in [-0.15, -0.1) is 11.3 Å². The number of thiazole rings is 1. The molecule has 5 nitrogen and oxygen atoms in total. The van der Waals surface area contributed by atoms with Gasteiger partial charge in [0, 0.05) is 0 Å². The smallest absolute Gasteiger partial charge is 0.289 e. The van der Waals surface area contributed by atoms with Crippen LogP contribution in [0.2, 0.25) is 0 Å². The quantitative estimate of drug-likeness (QED) is 0.780. The Morgan fingerprint density at radius 2 is 2.04 bits per heavy atom. The Balaban J connectivity index is 1.48. The van der Waals surface area contributed by atoms with Gasteiger partial charge >= 0.3 is 0 Å². The lowest BCUT2D eigenvalue weighted by Gasteiger charge is -2.31. The van der Waals surface area contributed by atoms with Crippen LogP contribution in [-0.2, 0) is 0 Å². The molecule has 0 aliphatic carbocycles. The lowest BCUT2D eigenvalue weighted by molar-refractivity contribution is -0.904. The van der Waals surface area contributed by atoms with Crippen LogP contribution in [0.3, 0.4) is 0 Å². The van der Waals surface area contributed by atoms with Gasteiger partial charge in [-0.25, -0.2) is 4.98 Å². The number of aromatic nitrogens is 1. The van der Waals surface area contributed by atoms with E-state index in [1.165, 1.54) is 13.0 Å². The highest BCUT2D eigenvalue weighted by Crippen LogP contribution is 2.31. The summed E-state index contributed by atoms with van der Waals surface area (Å²) in [5, 5.41) is 0.817. The molecule has 0 atom stereocenters. The molecule has 130 valence electrons. The highest BCUT2D eigenvalue weighted by Gasteiger charge is 2.26. The predicted molar refractivity (Wildman–Crippen MR) is 99.1 cm³/mol. The normalized spacial score (nSPS) is 15.8. The number of carbonyl (C=O) groups excluding carboxylic acids is 1. The molecule has 1 amide bonds. The molecule has 4 rings (SSSR count). The van der Waals surface area contributed by atoms with Crippen LogP contribution in [0.5, 0.6) is 0 Å². The van der Waals surface area contributed by atoms with Crippen molar-refractivity contribution in [2.24, 2.45) is 0 Å². The standard InChI is InChI=1S/C19H21N3O2S/c1-2-9-21-10-12-22(13-11-21)19(23)16-8-7-15(24-16)18-20-14-5-3-4-6-17(14)25-18/h3-8H,2,9-13H2,1H3/p+1. The Morgan fingerprint density at radius 1 is 1.24 bits per heavy atom. The molecule has 0 unspecified atom stereocenters. The van der Waals surface area contributed by atoms with Gasteiger partial charge in [0.05, 0.1) is 42.9 Å². The molecule has 1 saturated heterocycles. The second kappa shape index (κ2) is 6.98. The molecule has 0 spiro atoms. The molecule has 1 aliphatic rings. The maximum Gasteiger partial charge on any atom is 0.289 e. The topological polar surface area (TPSA) is 50.8 Å². The van der Waals surface area contributed by atoms with Gasteiger partial charge in [-0.2, -0.15) is 0 Å². The molecule has 0 radical (unpaired) electrons. The van der Waals surface area contributed by atoms with Crippen molar-refractivity contribution >= 4 is 27.5 Å². The average molecular weight is 356 g/mol. The number of quaternary nitrogens is 1. The largest absolute Gasteiger partial charge is 0.448 e. The third-order valence-corrected chi connectivity index (χ3v) is 5.73. The zero-order chi connectivity index (χ0) is 17.2. The zero-order valence-corrected chi connectivity index (χ0v) is 15.1. The van der Waals surface area contributed by atoms with E-state index in [9.17, 15) is 4.79 Å². The minimum atomic E-state index is -0.0112. The molecule has 1 fully saturated rings. The third kappa shape index (κ3) is 3.32. The fraction of sp³-hybridized carbons (Fsp3) is 0.368. The fourth-order valence-electron chi connectivity index (χ4n) is 3.33. The van der Waals surface area contributed by atoms with E-state index >= 15 is 0 Å². The van der Waals surface area contributed by atoms with Crippen molar-refractivity contribution < 1.29 is 14.1 Å². The molecule has 3 heterocycles. The number of furan rings is 1. The van der Waals surface area contributed by atoms with Gasteiger partial charge in [0.1, 0.15) is 0 Å². The molecule has 6 heteroatoms. The second-order valence-electron chi connectivity index (χ2n) is 6.44. The van der Waals surface area contributed by atoms with E-state index in [4.69, 9.17) is 4.42 Å². The van der Waals surface area contributed by atoms with Crippen molar-refractivity contribution in [3.8, 4) is 10.8 Å². The van der Waals surface area contributed by atoms with Gasteiger partial charge in [0.25, 0.3) is 5.91 Å². The molecular weight excluding hydrogens is 334 g/mol. The third-order valence-electron chi connectivity index (χ3n) is 4.68. The van der Waals surface area contributed by atoms with Crippen molar-refractivity contribution in [2.45, 2.75) is 13.3 Å². The Kier molecular flexibility index (Phi) is 4.55. The number of nitrogens with one attached hydrogen (secondary N) is 1. The number of amides is 1. The van der Waals surface area contributed by atoms with Crippen molar-refractivity contribution in [3.05, 3.63) is 42.2 Å². The Bertz CT molecular complexity index is 845. The van der Waals surface area contributed by atoms with Crippen LogP contribution in [0.15, 0.2) is 40.8 Å². The minimum Gasteiger partial charge on any atom is -0.448 e. The first-order valence-corrected chi connectivity index (χ1v) is 9.65. The SMILES string of the molecule is CCC[NH+]1CCN(C(=O)c2ccc(-c3nc4ccccc4s3)o2)CC1. The van der Waals surface area contributed by atoms with Gasteiger partial charge < -0.3 is 14.2 Å². The molecule has 2 aromatic heterocycles. The van der Waals surface area contributed by atoms with Gasteiger partial charge in [-0.3, -0.25) is 4.79 Å². The number of hydrogen-bond donors (Lipinski definition) is 1. The van der Waals surface area contributed by atoms with Crippen molar-refractivity contribution in [3.63, 3.8) is 0 Å². The molecule has 0 saturated carbocycles. The summed E-state index contributed by atoms with van der Waals surface area (Å²) in [6.07, 6.45) is 1.19. The fourth-order valence-corrected chi connectivity index (χ4v) is 4.26. The number of piperazine rings is 1. The molecule has 25 heavy (non-hydrogen) atoms. The van der Waals surface area contributed by atoms with E-state index in [0.717, 1.165) is 41.4 Å². The number of benzene rings is 1. The number of carbonyl (C=O) groups is 1. The summed E-state index contributed by atoms with van der Waals surface area (Å²) in [6, 6.07) is 11.6. The highest BCUT2D eigenvalue weighted by molar-refractivity contribution is 7.21. The summed E-state index contributed by atoms with van der Waals surface area (Å²) in [6.45, 7) is 7.02. The summed E-state index contributed by atoms with van der Waals surface area (Å²) in [5.74, 6) is 1.07. The van der Waals surface area contributed by atoms with Crippen LogP contribution >= 0.6 is 11.3 Å². The Labute approximate surface area is 150 Å². The summed E-state index contributed by atoms with van der Waals surface area (Å²) >= 11 is 1.58. The van der Waals surface area contributed by atoms with E-state index < -0.39 is 0 Å². The van der Waals surface area contributed by atoms with Crippen LogP contribution in [0.1, 0.15) is 23.9 Å². The summed E-state index contributed by atoms with van der Waals surface area (Å²) in [4.78, 5) is 20.8. The second-order valence-corrected chi connectivity index (χ2v) is 7.47. The summed E-state index contributed by atoms with van der Waals surface area (Å²) in [5.41, 5.74) is 0.960. The van der Waals surface area contributed by atoms with Crippen LogP contribution in [0, 0.1) is 0 Å². The number of hydrogen-bond acceptors (Lipinski definition) is 4. The first-order chi connectivity index (χ1) is 12.2. The maximum absolute atomic E-state index is 12.7. The van der Waals surface area contributed by atoms with Crippen molar-refractivity contribution in [2.75, 3.05) is 32.7 Å². The van der Waals surface area contributed by atoms with Crippen LogP contribution < -0.4 is 4.90 Å². The van der Waals surface area contributed by atoms with Gasteiger partial charge in [-0.1, -0.05) is 19.1 Å². The van der Waals surface area contributed by atoms with Crippen molar-refractivity contribution in [1.29, 1.82) is 0 Å². The lowest BCUT2D eigenvalue weighted by atomic mass is 10.2. The van der Waals surface area contributed by atoms with Gasteiger partial charge in [0.2, 0.25) is 0 Å². The molecule has 3 aromatic rings. The van der Waals surface area contributed by atoms with E-state index in [1.807, 2.05) is 35.2 Å². The lowest BCUT2D eigenvalue weighted by Crippen LogP contribution is -3.14. The summed E-state index contributed by atoms with van der Waals surface area (Å²) in [7, 11) is 0. The van der Waals surface area contributed by atoms with Crippen LogP contribution in [-0.4, -0.2) is 48.5 Å². The average Bonchev–Trinajstić information content (AvgIpc) is 3.29. The number of fused-ring (bicyclic) bond motifs is 1. The number of nitrogens with zero attached hydrogens (tertiary/aromatic N) is 2. The molecule has 1 aromatic carbocycles. The van der Waals surface area contributed by atoms with Crippen LogP contribution in [0.25, 0.3) is 21.0 Å². The summed E-state index contributed by atoms with van der Waals surface area (Å²) < 4.78 is 6.96. The van der Waals surface area contributed by atoms with E-state index in [2.05, 4.69) is 11.9 Å². The molecule has 1 N–H and O–H groups in total. The first kappa shape index (κ1) is 16.3. The predicted octanol–water partition coefficient (Wildman–Crippen LogP) is 2.31. The van der Waals surface area contributed by atoms with Gasteiger partial charge in [-0.05, 0) is 30.7 Å². The Morgan fingerprint density at radius 3 is 2.80 bits per heavy atom. The zero-order valence-electron chi connectivity index (χ0n) is 14.3.